The smallest absolute Gasteiger partial charge is 0.261 e. The summed E-state index contributed by atoms with van der Waals surface area (Å²) in [5.41, 5.74) is 0.987. The first-order valence-electron chi connectivity index (χ1n) is 8.57. The highest BCUT2D eigenvalue weighted by Crippen LogP contribution is 2.28. The molecule has 1 fully saturated rings. The number of carbonyl (C=O) groups is 1. The third kappa shape index (κ3) is 3.59. The summed E-state index contributed by atoms with van der Waals surface area (Å²) < 4.78 is 1.74. The number of carbonyl (C=O) groups excluding carboxylic acids is 1. The maximum absolute atomic E-state index is 12.3. The second-order valence-electron chi connectivity index (χ2n) is 6.60. The first-order chi connectivity index (χ1) is 11.6. The van der Waals surface area contributed by atoms with Crippen LogP contribution < -0.4 is 10.9 Å². The second kappa shape index (κ2) is 7.30. The van der Waals surface area contributed by atoms with Crippen molar-refractivity contribution >= 4 is 29.0 Å². The Morgan fingerprint density at radius 3 is 2.88 bits per heavy atom. The van der Waals surface area contributed by atoms with Crippen molar-refractivity contribution in [1.29, 1.82) is 0 Å². The molecule has 0 radical (unpaired) electrons. The van der Waals surface area contributed by atoms with Crippen molar-refractivity contribution in [3.8, 4) is 0 Å². The van der Waals surface area contributed by atoms with E-state index in [1.807, 2.05) is 0 Å². The summed E-state index contributed by atoms with van der Waals surface area (Å²) in [6.07, 6.45) is 7.61. The number of H-pyrrole nitrogens is 1. The lowest BCUT2D eigenvalue weighted by molar-refractivity contribution is 0.0952. The molecule has 3 rings (SSSR count). The predicted octanol–water partition coefficient (Wildman–Crippen LogP) is 3.30. The van der Waals surface area contributed by atoms with E-state index in [9.17, 15) is 9.59 Å². The van der Waals surface area contributed by atoms with Gasteiger partial charge in [-0.25, -0.2) is 0 Å². The Kier molecular flexibility index (Phi) is 5.14. The highest BCUT2D eigenvalue weighted by molar-refractivity contribution is 7.71. The van der Waals surface area contributed by atoms with Gasteiger partial charge in [-0.1, -0.05) is 25.7 Å². The third-order valence-corrected chi connectivity index (χ3v) is 5.29. The summed E-state index contributed by atoms with van der Waals surface area (Å²) in [4.78, 5) is 27.4. The van der Waals surface area contributed by atoms with E-state index in [1.54, 1.807) is 25.2 Å². The van der Waals surface area contributed by atoms with Gasteiger partial charge in [0.15, 0.2) is 4.77 Å². The number of aromatic nitrogens is 2. The molecule has 1 heterocycles. The highest BCUT2D eigenvalue weighted by Gasteiger charge is 2.14. The van der Waals surface area contributed by atoms with E-state index in [0.717, 1.165) is 12.3 Å². The minimum Gasteiger partial charge on any atom is -0.352 e. The van der Waals surface area contributed by atoms with Crippen molar-refractivity contribution in [2.24, 2.45) is 13.0 Å². The monoisotopic (exact) mass is 345 g/mol. The first-order valence-corrected chi connectivity index (χ1v) is 8.98. The van der Waals surface area contributed by atoms with Crippen molar-refractivity contribution in [3.05, 3.63) is 38.9 Å². The quantitative estimate of drug-likeness (QED) is 0.645. The van der Waals surface area contributed by atoms with Gasteiger partial charge in [-0.3, -0.25) is 14.2 Å². The van der Waals surface area contributed by atoms with Crippen LogP contribution in [0.5, 0.6) is 0 Å². The van der Waals surface area contributed by atoms with E-state index >= 15 is 0 Å². The summed E-state index contributed by atoms with van der Waals surface area (Å²) in [7, 11) is 1.63. The number of nitrogens with zero attached hydrogens (tertiary/aromatic N) is 1. The van der Waals surface area contributed by atoms with Gasteiger partial charge in [-0.05, 0) is 49.2 Å². The number of amides is 1. The molecule has 0 aliphatic heterocycles. The van der Waals surface area contributed by atoms with Crippen LogP contribution in [0.25, 0.3) is 10.9 Å². The maximum Gasteiger partial charge on any atom is 0.261 e. The van der Waals surface area contributed by atoms with Crippen LogP contribution in [0.1, 0.15) is 48.9 Å². The maximum atomic E-state index is 12.3. The van der Waals surface area contributed by atoms with Gasteiger partial charge in [0.05, 0.1) is 10.9 Å². The van der Waals surface area contributed by atoms with Gasteiger partial charge < -0.3 is 10.3 Å². The Hall–Kier alpha value is -1.95. The zero-order chi connectivity index (χ0) is 17.1. The summed E-state index contributed by atoms with van der Waals surface area (Å²) in [5.74, 6) is 0.738. The van der Waals surface area contributed by atoms with E-state index < -0.39 is 0 Å². The number of fused-ring (bicyclic) bond motifs is 1. The molecule has 0 saturated heterocycles. The molecule has 0 bridgehead atoms. The van der Waals surface area contributed by atoms with Gasteiger partial charge >= 0.3 is 0 Å². The van der Waals surface area contributed by atoms with E-state index in [0.29, 0.717) is 27.8 Å². The molecular weight excluding hydrogens is 322 g/mol. The molecule has 5 nitrogen and oxygen atoms in total. The van der Waals surface area contributed by atoms with Gasteiger partial charge in [0.2, 0.25) is 0 Å². The summed E-state index contributed by atoms with van der Waals surface area (Å²) in [6, 6.07) is 5.06. The molecule has 1 amide bonds. The zero-order valence-corrected chi connectivity index (χ0v) is 14.7. The molecule has 6 heteroatoms. The highest BCUT2D eigenvalue weighted by atomic mass is 32.1. The normalized spacial score (nSPS) is 15.0. The summed E-state index contributed by atoms with van der Waals surface area (Å²) in [5, 5.41) is 3.50. The second-order valence-corrected chi connectivity index (χ2v) is 6.99. The largest absolute Gasteiger partial charge is 0.352 e. The van der Waals surface area contributed by atoms with Gasteiger partial charge in [-0.15, -0.1) is 0 Å². The molecule has 1 aromatic carbocycles. The van der Waals surface area contributed by atoms with E-state index in [2.05, 4.69) is 10.3 Å². The van der Waals surface area contributed by atoms with E-state index in [-0.39, 0.29) is 11.5 Å². The van der Waals surface area contributed by atoms with Gasteiger partial charge in [0.25, 0.3) is 11.5 Å². The molecule has 0 atom stereocenters. The number of hydrogen-bond donors (Lipinski definition) is 2. The molecule has 2 aromatic rings. The third-order valence-electron chi connectivity index (χ3n) is 4.91. The van der Waals surface area contributed by atoms with Crippen molar-refractivity contribution in [2.75, 3.05) is 6.54 Å². The fourth-order valence-corrected chi connectivity index (χ4v) is 3.63. The first kappa shape index (κ1) is 16.9. The van der Waals surface area contributed by atoms with Crippen LogP contribution in [0, 0.1) is 10.7 Å². The minimum absolute atomic E-state index is 0.108. The van der Waals surface area contributed by atoms with Crippen molar-refractivity contribution in [1.82, 2.24) is 14.9 Å². The molecule has 1 aromatic heterocycles. The Morgan fingerprint density at radius 1 is 1.38 bits per heavy atom. The average molecular weight is 345 g/mol. The Labute approximate surface area is 146 Å². The van der Waals surface area contributed by atoms with Crippen LogP contribution in [-0.4, -0.2) is 22.0 Å². The summed E-state index contributed by atoms with van der Waals surface area (Å²) in [6.45, 7) is 0.694. The zero-order valence-electron chi connectivity index (χ0n) is 13.9. The van der Waals surface area contributed by atoms with Gasteiger partial charge in [-0.2, -0.15) is 0 Å². The van der Waals surface area contributed by atoms with Crippen LogP contribution in [0.2, 0.25) is 0 Å². The standard InChI is InChI=1S/C18H23N3O2S/c1-21-17(23)14-9-8-13(11-15(14)20-18(21)24)16(22)19-10-4-7-12-5-2-3-6-12/h8-9,11-12H,2-7,10H2,1H3,(H,19,22)(H,20,24). The van der Waals surface area contributed by atoms with Gasteiger partial charge in [0.1, 0.15) is 0 Å². The number of rotatable bonds is 5. The van der Waals surface area contributed by atoms with Crippen molar-refractivity contribution in [3.63, 3.8) is 0 Å². The van der Waals surface area contributed by atoms with Crippen molar-refractivity contribution in [2.45, 2.75) is 38.5 Å². The average Bonchev–Trinajstić information content (AvgIpc) is 3.09. The van der Waals surface area contributed by atoms with E-state index in [1.165, 1.54) is 36.7 Å². The molecule has 128 valence electrons. The molecular formula is C18H23N3O2S. The number of benzene rings is 1. The van der Waals surface area contributed by atoms with Crippen LogP contribution >= 0.6 is 12.2 Å². The molecule has 0 unspecified atom stereocenters. The SMILES string of the molecule is Cn1c(=S)[nH]c2cc(C(=O)NCCCC3CCCC3)ccc2c1=O. The summed E-state index contributed by atoms with van der Waals surface area (Å²) >= 11 is 5.12. The lowest BCUT2D eigenvalue weighted by Crippen LogP contribution is -2.25. The molecule has 1 aliphatic carbocycles. The van der Waals surface area contributed by atoms with E-state index in [4.69, 9.17) is 12.2 Å². The fraction of sp³-hybridized carbons (Fsp3) is 0.500. The lowest BCUT2D eigenvalue weighted by atomic mass is 10.0. The van der Waals surface area contributed by atoms with Crippen LogP contribution in [-0.2, 0) is 7.05 Å². The Balaban J connectivity index is 1.65. The molecule has 1 saturated carbocycles. The number of nitrogens with one attached hydrogen (secondary N) is 2. The van der Waals surface area contributed by atoms with Crippen LogP contribution in [0.4, 0.5) is 0 Å². The van der Waals surface area contributed by atoms with Gasteiger partial charge in [0, 0.05) is 19.2 Å². The minimum atomic E-state index is -0.155. The Bertz CT molecular complexity index is 863. The fourth-order valence-electron chi connectivity index (χ4n) is 3.44. The predicted molar refractivity (Wildman–Crippen MR) is 97.9 cm³/mol. The molecule has 2 N–H and O–H groups in total. The number of hydrogen-bond acceptors (Lipinski definition) is 3. The van der Waals surface area contributed by atoms with Crippen LogP contribution in [0.15, 0.2) is 23.0 Å². The lowest BCUT2D eigenvalue weighted by Gasteiger charge is -2.10. The number of aromatic amines is 1. The molecule has 24 heavy (non-hydrogen) atoms. The van der Waals surface area contributed by atoms with Crippen LogP contribution in [0.3, 0.4) is 0 Å². The Morgan fingerprint density at radius 2 is 2.12 bits per heavy atom. The topological polar surface area (TPSA) is 66.9 Å². The molecule has 1 aliphatic rings. The molecule has 0 spiro atoms. The van der Waals surface area contributed by atoms with Crippen molar-refractivity contribution < 1.29 is 4.79 Å².